The second-order valence-electron chi connectivity index (χ2n) is 3.41. The Balaban J connectivity index is 2.62. The highest BCUT2D eigenvalue weighted by Crippen LogP contribution is 2.37. The summed E-state index contributed by atoms with van der Waals surface area (Å²) in [7, 11) is 1.59. The molecule has 0 bridgehead atoms. The molecule has 0 spiro atoms. The summed E-state index contributed by atoms with van der Waals surface area (Å²) < 4.78 is 10.3. The molecule has 0 aliphatic heterocycles. The highest BCUT2D eigenvalue weighted by Gasteiger charge is 2.17. The lowest BCUT2D eigenvalue weighted by Crippen LogP contribution is -1.88. The van der Waals surface area contributed by atoms with Crippen LogP contribution in [0, 0.1) is 6.92 Å². The number of nitrogens with zero attached hydrogens (tertiary/aromatic N) is 1. The van der Waals surface area contributed by atoms with Gasteiger partial charge in [-0.15, -0.1) is 0 Å². The third-order valence-corrected chi connectivity index (χ3v) is 2.62. The number of methoxy groups -OCH3 is 1. The predicted octanol–water partition coefficient (Wildman–Crippen LogP) is 2.89. The van der Waals surface area contributed by atoms with Crippen LogP contribution in [0.2, 0.25) is 5.02 Å². The number of ether oxygens (including phenoxy) is 1. The van der Waals surface area contributed by atoms with Gasteiger partial charge in [0.25, 0.3) is 0 Å². The highest BCUT2D eigenvalue weighted by atomic mass is 35.5. The first-order valence-corrected chi connectivity index (χ1v) is 5.07. The third-order valence-electron chi connectivity index (χ3n) is 2.26. The maximum atomic E-state index is 5.99. The Morgan fingerprint density at radius 2 is 2.19 bits per heavy atom. The zero-order valence-electron chi connectivity index (χ0n) is 8.95. The third kappa shape index (κ3) is 1.72. The summed E-state index contributed by atoms with van der Waals surface area (Å²) in [5, 5.41) is 3.92. The van der Waals surface area contributed by atoms with Crippen LogP contribution in [0.3, 0.4) is 0 Å². The van der Waals surface area contributed by atoms with Gasteiger partial charge in [0.15, 0.2) is 11.6 Å². The Morgan fingerprint density at radius 1 is 1.44 bits per heavy atom. The van der Waals surface area contributed by atoms with Gasteiger partial charge >= 0.3 is 0 Å². The van der Waals surface area contributed by atoms with E-state index in [9.17, 15) is 0 Å². The van der Waals surface area contributed by atoms with Gasteiger partial charge in [0.1, 0.15) is 10.8 Å². The van der Waals surface area contributed by atoms with Gasteiger partial charge in [-0.2, -0.15) is 0 Å². The monoisotopic (exact) mass is 238 g/mol. The number of hydrogen-bond donors (Lipinski definition) is 1. The molecule has 16 heavy (non-hydrogen) atoms. The molecule has 4 nitrogen and oxygen atoms in total. The van der Waals surface area contributed by atoms with Gasteiger partial charge in [-0.05, 0) is 19.1 Å². The second kappa shape index (κ2) is 4.06. The fraction of sp³-hybridized carbons (Fsp3) is 0.182. The van der Waals surface area contributed by atoms with Crippen molar-refractivity contribution in [2.75, 3.05) is 12.8 Å². The van der Waals surface area contributed by atoms with Crippen molar-refractivity contribution in [2.45, 2.75) is 6.92 Å². The molecule has 1 aromatic carbocycles. The zero-order valence-corrected chi connectivity index (χ0v) is 9.71. The molecule has 0 aliphatic carbocycles. The Bertz CT molecular complexity index is 523. The van der Waals surface area contributed by atoms with E-state index in [2.05, 4.69) is 5.16 Å². The smallest absolute Gasteiger partial charge is 0.191 e. The number of anilines is 1. The van der Waals surface area contributed by atoms with Gasteiger partial charge in [0.2, 0.25) is 0 Å². The van der Waals surface area contributed by atoms with Crippen molar-refractivity contribution in [3.63, 3.8) is 0 Å². The summed E-state index contributed by atoms with van der Waals surface area (Å²) in [5.74, 6) is 1.28. The van der Waals surface area contributed by atoms with Crippen molar-refractivity contribution in [2.24, 2.45) is 0 Å². The van der Waals surface area contributed by atoms with Crippen LogP contribution in [0.4, 0.5) is 5.82 Å². The van der Waals surface area contributed by atoms with Crippen molar-refractivity contribution < 1.29 is 9.26 Å². The fourth-order valence-corrected chi connectivity index (χ4v) is 1.63. The number of benzene rings is 1. The lowest BCUT2D eigenvalue weighted by molar-refractivity contribution is 0.407. The largest absolute Gasteiger partial charge is 0.496 e. The minimum Gasteiger partial charge on any atom is -0.496 e. The van der Waals surface area contributed by atoms with E-state index in [1.54, 1.807) is 7.11 Å². The molecule has 84 valence electrons. The highest BCUT2D eigenvalue weighted by molar-refractivity contribution is 6.35. The van der Waals surface area contributed by atoms with Crippen LogP contribution in [0.25, 0.3) is 11.3 Å². The minimum atomic E-state index is 0.181. The number of hydrogen-bond acceptors (Lipinski definition) is 4. The first-order chi connectivity index (χ1) is 7.63. The number of nitrogen functional groups attached to an aromatic ring is 1. The molecule has 5 heteroatoms. The quantitative estimate of drug-likeness (QED) is 0.874. The summed E-state index contributed by atoms with van der Waals surface area (Å²) in [6, 6.07) is 5.69. The van der Waals surface area contributed by atoms with E-state index in [0.29, 0.717) is 16.5 Å². The van der Waals surface area contributed by atoms with Gasteiger partial charge < -0.3 is 15.0 Å². The van der Waals surface area contributed by atoms with Crippen molar-refractivity contribution in [1.82, 2.24) is 5.16 Å². The second-order valence-corrected chi connectivity index (χ2v) is 3.79. The van der Waals surface area contributed by atoms with E-state index >= 15 is 0 Å². The molecule has 1 heterocycles. The number of halogens is 1. The molecule has 2 N–H and O–H groups in total. The Morgan fingerprint density at radius 3 is 2.75 bits per heavy atom. The lowest BCUT2D eigenvalue weighted by Gasteiger charge is -2.06. The summed E-state index contributed by atoms with van der Waals surface area (Å²) >= 11 is 5.99. The summed E-state index contributed by atoms with van der Waals surface area (Å²) in [6.07, 6.45) is 0. The number of rotatable bonds is 2. The van der Waals surface area contributed by atoms with Crippen LogP contribution in [0.5, 0.6) is 5.75 Å². The Labute approximate surface area is 97.9 Å². The van der Waals surface area contributed by atoms with Crippen molar-refractivity contribution >= 4 is 17.4 Å². The van der Waals surface area contributed by atoms with Gasteiger partial charge in [-0.3, -0.25) is 0 Å². The van der Waals surface area contributed by atoms with E-state index in [4.69, 9.17) is 26.6 Å². The maximum Gasteiger partial charge on any atom is 0.191 e. The summed E-state index contributed by atoms with van der Waals surface area (Å²) in [6.45, 7) is 1.97. The predicted molar refractivity (Wildman–Crippen MR) is 62.7 cm³/mol. The first kappa shape index (κ1) is 10.8. The van der Waals surface area contributed by atoms with Crippen LogP contribution in [0.1, 0.15) is 5.56 Å². The van der Waals surface area contributed by atoms with E-state index in [1.807, 2.05) is 25.1 Å². The van der Waals surface area contributed by atoms with Crippen LogP contribution >= 0.6 is 11.6 Å². The first-order valence-electron chi connectivity index (χ1n) is 4.69. The number of aryl methyl sites for hydroxylation is 1. The number of nitrogens with two attached hydrogens (primary N) is 1. The Kier molecular flexibility index (Phi) is 2.75. The molecule has 0 amide bonds. The molecular weight excluding hydrogens is 228 g/mol. The Hall–Kier alpha value is -1.68. The summed E-state index contributed by atoms with van der Waals surface area (Å²) in [5.41, 5.74) is 7.35. The molecule has 0 atom stereocenters. The van der Waals surface area contributed by atoms with E-state index in [1.165, 1.54) is 0 Å². The molecule has 0 unspecified atom stereocenters. The topological polar surface area (TPSA) is 61.3 Å². The molecule has 1 aromatic heterocycles. The van der Waals surface area contributed by atoms with Crippen LogP contribution in [0.15, 0.2) is 22.7 Å². The van der Waals surface area contributed by atoms with Crippen molar-refractivity contribution in [3.05, 3.63) is 28.8 Å². The van der Waals surface area contributed by atoms with Crippen LogP contribution in [-0.2, 0) is 0 Å². The lowest BCUT2D eigenvalue weighted by atomic mass is 10.1. The average Bonchev–Trinajstić information content (AvgIpc) is 2.60. The molecular formula is C11H11ClN2O2. The zero-order chi connectivity index (χ0) is 11.7. The van der Waals surface area contributed by atoms with Crippen LogP contribution < -0.4 is 10.5 Å². The van der Waals surface area contributed by atoms with Crippen molar-refractivity contribution in [3.8, 4) is 17.1 Å². The van der Waals surface area contributed by atoms with E-state index in [-0.39, 0.29) is 5.82 Å². The van der Waals surface area contributed by atoms with Gasteiger partial charge in [0.05, 0.1) is 12.7 Å². The van der Waals surface area contributed by atoms with Crippen LogP contribution in [-0.4, -0.2) is 12.3 Å². The minimum absolute atomic E-state index is 0.181. The normalized spacial score (nSPS) is 10.4. The van der Waals surface area contributed by atoms with E-state index in [0.717, 1.165) is 11.1 Å². The fourth-order valence-electron chi connectivity index (χ4n) is 1.46. The molecule has 0 saturated carbocycles. The van der Waals surface area contributed by atoms with Crippen molar-refractivity contribution in [1.29, 1.82) is 0 Å². The van der Waals surface area contributed by atoms with Gasteiger partial charge in [-0.25, -0.2) is 0 Å². The average molecular weight is 239 g/mol. The molecule has 2 rings (SSSR count). The number of aromatic nitrogens is 1. The molecule has 0 aliphatic rings. The van der Waals surface area contributed by atoms with Gasteiger partial charge in [-0.1, -0.05) is 28.4 Å². The van der Waals surface area contributed by atoms with Gasteiger partial charge in [0, 0.05) is 0 Å². The maximum absolute atomic E-state index is 5.99. The molecule has 2 aromatic rings. The summed E-state index contributed by atoms with van der Waals surface area (Å²) in [4.78, 5) is 0. The standard InChI is InChI=1S/C11H11ClN2O2/c1-6-3-4-8(15-2)7(5-6)10-9(12)11(13)14-16-10/h3-5H,1-2H3,(H2,13,14). The molecule has 0 radical (unpaired) electrons. The van der Waals surface area contributed by atoms with E-state index < -0.39 is 0 Å². The SMILES string of the molecule is COc1ccc(C)cc1-c1onc(N)c1Cl. The molecule has 0 fully saturated rings. The molecule has 0 saturated heterocycles.